The van der Waals surface area contributed by atoms with Crippen molar-refractivity contribution in [3.05, 3.63) is 35.9 Å². The number of benzene rings is 1. The van der Waals surface area contributed by atoms with Crippen molar-refractivity contribution in [1.29, 1.82) is 5.26 Å². The van der Waals surface area contributed by atoms with Gasteiger partial charge >= 0.3 is 0 Å². The van der Waals surface area contributed by atoms with Crippen LogP contribution in [0.2, 0.25) is 0 Å². The van der Waals surface area contributed by atoms with E-state index in [0.717, 1.165) is 32.1 Å². The number of nitrogens with one attached hydrogen (secondary N) is 1. The summed E-state index contributed by atoms with van der Waals surface area (Å²) in [7, 11) is 0. The van der Waals surface area contributed by atoms with Gasteiger partial charge in [-0.1, -0.05) is 49.6 Å². The molecular weight excluding hydrogens is 252 g/mol. The highest BCUT2D eigenvalue weighted by molar-refractivity contribution is 5.21. The zero-order chi connectivity index (χ0) is 14.4. The van der Waals surface area contributed by atoms with E-state index < -0.39 is 17.7 Å². The zero-order valence-corrected chi connectivity index (χ0v) is 11.6. The van der Waals surface area contributed by atoms with Gasteiger partial charge in [-0.2, -0.15) is 5.26 Å². The molecule has 0 amide bonds. The van der Waals surface area contributed by atoms with Gasteiger partial charge in [-0.25, -0.2) is 0 Å². The lowest BCUT2D eigenvalue weighted by Gasteiger charge is -2.33. The third-order valence-electron chi connectivity index (χ3n) is 4.03. The van der Waals surface area contributed by atoms with Gasteiger partial charge in [0, 0.05) is 6.54 Å². The minimum atomic E-state index is -0.881. The Labute approximate surface area is 120 Å². The number of rotatable bonds is 5. The lowest BCUT2D eigenvalue weighted by Crippen LogP contribution is -2.47. The molecule has 0 bridgehead atoms. The number of aliphatic hydroxyl groups is 2. The van der Waals surface area contributed by atoms with Gasteiger partial charge in [-0.05, 0) is 18.4 Å². The fourth-order valence-corrected chi connectivity index (χ4v) is 2.76. The van der Waals surface area contributed by atoms with E-state index >= 15 is 0 Å². The van der Waals surface area contributed by atoms with E-state index in [1.165, 1.54) is 0 Å². The Morgan fingerprint density at radius 3 is 2.45 bits per heavy atom. The van der Waals surface area contributed by atoms with Gasteiger partial charge in [-0.3, -0.25) is 5.32 Å². The van der Waals surface area contributed by atoms with E-state index in [2.05, 4.69) is 11.4 Å². The number of nitriles is 1. The Kier molecular flexibility index (Phi) is 5.13. The van der Waals surface area contributed by atoms with Crippen molar-refractivity contribution >= 4 is 0 Å². The van der Waals surface area contributed by atoms with Crippen molar-refractivity contribution in [2.75, 3.05) is 6.54 Å². The van der Waals surface area contributed by atoms with Crippen LogP contribution in [0.25, 0.3) is 0 Å². The molecule has 1 aromatic rings. The maximum atomic E-state index is 10.4. The summed E-state index contributed by atoms with van der Waals surface area (Å²) in [6.45, 7) is 0.356. The zero-order valence-electron chi connectivity index (χ0n) is 11.6. The Morgan fingerprint density at radius 1 is 1.20 bits per heavy atom. The number of hydrogen-bond acceptors (Lipinski definition) is 4. The second kappa shape index (κ2) is 6.85. The molecule has 1 saturated carbocycles. The summed E-state index contributed by atoms with van der Waals surface area (Å²) in [6, 6.07) is 10.5. The normalized spacial score (nSPS) is 20.9. The predicted octanol–water partition coefficient (Wildman–Crippen LogP) is 1.90. The first-order valence-corrected chi connectivity index (χ1v) is 7.23. The van der Waals surface area contributed by atoms with Crippen LogP contribution in [0.15, 0.2) is 30.3 Å². The van der Waals surface area contributed by atoms with Crippen molar-refractivity contribution in [3.63, 3.8) is 0 Å². The second-order valence-electron chi connectivity index (χ2n) is 5.63. The van der Waals surface area contributed by atoms with Gasteiger partial charge in [0.25, 0.3) is 0 Å². The third kappa shape index (κ3) is 3.80. The van der Waals surface area contributed by atoms with E-state index in [-0.39, 0.29) is 0 Å². The highest BCUT2D eigenvalue weighted by Gasteiger charge is 2.31. The topological polar surface area (TPSA) is 76.3 Å². The SMILES string of the molecule is N#C[C@H](NCC1(O)CCCCC1)[C@H](O)c1ccccc1. The Balaban J connectivity index is 1.94. The van der Waals surface area contributed by atoms with Crippen LogP contribution in [0.1, 0.15) is 43.8 Å². The van der Waals surface area contributed by atoms with Gasteiger partial charge < -0.3 is 10.2 Å². The average Bonchev–Trinajstić information content (AvgIpc) is 2.49. The Bertz CT molecular complexity index is 449. The average molecular weight is 274 g/mol. The van der Waals surface area contributed by atoms with Gasteiger partial charge in [0.15, 0.2) is 0 Å². The number of aliphatic hydroxyl groups excluding tert-OH is 1. The Hall–Kier alpha value is -1.41. The summed E-state index contributed by atoms with van der Waals surface area (Å²) < 4.78 is 0. The van der Waals surface area contributed by atoms with E-state index in [4.69, 9.17) is 0 Å². The number of nitrogens with zero attached hydrogens (tertiary/aromatic N) is 1. The van der Waals surface area contributed by atoms with Crippen LogP contribution < -0.4 is 5.32 Å². The minimum Gasteiger partial charge on any atom is -0.389 e. The van der Waals surface area contributed by atoms with Crippen LogP contribution in [-0.4, -0.2) is 28.4 Å². The van der Waals surface area contributed by atoms with Crippen LogP contribution in [0.5, 0.6) is 0 Å². The van der Waals surface area contributed by atoms with E-state index in [9.17, 15) is 15.5 Å². The van der Waals surface area contributed by atoms with Crippen LogP contribution >= 0.6 is 0 Å². The molecule has 0 aromatic heterocycles. The Morgan fingerprint density at radius 2 is 1.85 bits per heavy atom. The molecule has 1 aliphatic carbocycles. The standard InChI is InChI=1S/C16H22N2O2/c17-11-14(15(19)13-7-3-1-4-8-13)18-12-16(20)9-5-2-6-10-16/h1,3-4,7-8,14-15,18-20H,2,5-6,9-10,12H2/t14-,15+/m0/s1. The van der Waals surface area contributed by atoms with E-state index in [0.29, 0.717) is 12.1 Å². The molecule has 4 heteroatoms. The van der Waals surface area contributed by atoms with E-state index in [1.807, 2.05) is 18.2 Å². The van der Waals surface area contributed by atoms with Gasteiger partial charge in [0.2, 0.25) is 0 Å². The monoisotopic (exact) mass is 274 g/mol. The third-order valence-corrected chi connectivity index (χ3v) is 4.03. The molecule has 0 heterocycles. The first kappa shape index (κ1) is 15.0. The first-order valence-electron chi connectivity index (χ1n) is 7.23. The van der Waals surface area contributed by atoms with Crippen LogP contribution in [0, 0.1) is 11.3 Å². The van der Waals surface area contributed by atoms with Crippen molar-refractivity contribution in [1.82, 2.24) is 5.32 Å². The number of hydrogen-bond donors (Lipinski definition) is 3. The molecule has 4 nitrogen and oxygen atoms in total. The maximum absolute atomic E-state index is 10.4. The molecule has 2 rings (SSSR count). The molecule has 20 heavy (non-hydrogen) atoms. The molecular formula is C16H22N2O2. The molecule has 108 valence electrons. The molecule has 0 unspecified atom stereocenters. The molecule has 3 N–H and O–H groups in total. The van der Waals surface area contributed by atoms with Crippen LogP contribution in [0.3, 0.4) is 0 Å². The molecule has 1 aliphatic rings. The maximum Gasteiger partial charge on any atom is 0.126 e. The smallest absolute Gasteiger partial charge is 0.126 e. The minimum absolute atomic E-state index is 0.356. The molecule has 0 saturated heterocycles. The quantitative estimate of drug-likeness (QED) is 0.766. The molecule has 0 radical (unpaired) electrons. The van der Waals surface area contributed by atoms with Crippen molar-refractivity contribution in [3.8, 4) is 6.07 Å². The highest BCUT2D eigenvalue weighted by Crippen LogP contribution is 2.27. The summed E-state index contributed by atoms with van der Waals surface area (Å²) in [5.74, 6) is 0. The van der Waals surface area contributed by atoms with Crippen molar-refractivity contribution in [2.45, 2.75) is 49.9 Å². The largest absolute Gasteiger partial charge is 0.389 e. The first-order chi connectivity index (χ1) is 9.64. The summed E-state index contributed by atoms with van der Waals surface area (Å²) in [5, 5.41) is 32.9. The lowest BCUT2D eigenvalue weighted by molar-refractivity contribution is -0.0000526. The van der Waals surface area contributed by atoms with Gasteiger partial charge in [-0.15, -0.1) is 0 Å². The molecule has 0 spiro atoms. The second-order valence-corrected chi connectivity index (χ2v) is 5.63. The fourth-order valence-electron chi connectivity index (χ4n) is 2.76. The highest BCUT2D eigenvalue weighted by atomic mass is 16.3. The van der Waals surface area contributed by atoms with Gasteiger partial charge in [0.1, 0.15) is 12.1 Å². The summed E-state index contributed by atoms with van der Waals surface area (Å²) in [6.07, 6.45) is 3.86. The summed E-state index contributed by atoms with van der Waals surface area (Å²) in [4.78, 5) is 0. The lowest BCUT2D eigenvalue weighted by atomic mass is 9.84. The van der Waals surface area contributed by atoms with Gasteiger partial charge in [0.05, 0.1) is 11.7 Å². The molecule has 0 aliphatic heterocycles. The predicted molar refractivity (Wildman–Crippen MR) is 76.8 cm³/mol. The van der Waals surface area contributed by atoms with Crippen LogP contribution in [0.4, 0.5) is 0 Å². The summed E-state index contributed by atoms with van der Waals surface area (Å²) in [5.41, 5.74) is -0.0220. The van der Waals surface area contributed by atoms with E-state index in [1.54, 1.807) is 12.1 Å². The summed E-state index contributed by atoms with van der Waals surface area (Å²) >= 11 is 0. The van der Waals surface area contributed by atoms with Crippen LogP contribution in [-0.2, 0) is 0 Å². The van der Waals surface area contributed by atoms with Crippen molar-refractivity contribution in [2.24, 2.45) is 0 Å². The fraction of sp³-hybridized carbons (Fsp3) is 0.562. The molecule has 1 aromatic carbocycles. The molecule has 1 fully saturated rings. The molecule has 2 atom stereocenters. The van der Waals surface area contributed by atoms with Crippen molar-refractivity contribution < 1.29 is 10.2 Å².